The Morgan fingerprint density at radius 2 is 1.67 bits per heavy atom. The second kappa shape index (κ2) is 8.73. The molecule has 4 rings (SSSR count). The van der Waals surface area contributed by atoms with Gasteiger partial charge in [0, 0.05) is 31.4 Å². The van der Waals surface area contributed by atoms with Gasteiger partial charge in [-0.1, -0.05) is 63.2 Å². The number of nitrogens with zero attached hydrogens (tertiary/aromatic N) is 2. The highest BCUT2D eigenvalue weighted by Gasteiger charge is 2.37. The molecule has 2 aromatic rings. The molecule has 0 saturated carbocycles. The topological polar surface area (TPSA) is 92.8 Å². The molecular weight excluding hydrogens is 416 g/mol. The average molecular weight is 449 g/mol. The first-order valence-corrected chi connectivity index (χ1v) is 11.6. The third-order valence-corrected chi connectivity index (χ3v) is 6.43. The SMILES string of the molecule is CC1(C)CC(=O)C(C(CCc2noc3c2C(=O)CC(C)(C)C3)=NCc2ccccc2)=C(O)C1. The van der Waals surface area contributed by atoms with E-state index in [1.54, 1.807) is 0 Å². The molecule has 0 amide bonds. The van der Waals surface area contributed by atoms with Crippen molar-refractivity contribution in [3.05, 3.63) is 64.2 Å². The van der Waals surface area contributed by atoms with Gasteiger partial charge in [-0.05, 0) is 29.2 Å². The van der Waals surface area contributed by atoms with Crippen LogP contribution in [-0.4, -0.2) is 27.5 Å². The third-order valence-electron chi connectivity index (χ3n) is 6.43. The highest BCUT2D eigenvalue weighted by atomic mass is 16.5. The molecule has 1 heterocycles. The predicted octanol–water partition coefficient (Wildman–Crippen LogP) is 5.60. The first kappa shape index (κ1) is 23.1. The number of Topliss-reactive ketones (excluding diaryl/α,β-unsaturated/α-hetero) is 2. The number of carbonyl (C=O) groups excluding carboxylic acids is 2. The zero-order valence-corrected chi connectivity index (χ0v) is 19.9. The highest BCUT2D eigenvalue weighted by Crippen LogP contribution is 2.38. The molecule has 0 unspecified atom stereocenters. The van der Waals surface area contributed by atoms with Crippen LogP contribution in [-0.2, 0) is 24.2 Å². The van der Waals surface area contributed by atoms with Crippen LogP contribution < -0.4 is 0 Å². The number of aliphatic hydroxyl groups is 1. The summed E-state index contributed by atoms with van der Waals surface area (Å²) in [5.41, 5.74) is 2.70. The van der Waals surface area contributed by atoms with Gasteiger partial charge in [0.05, 0.1) is 23.4 Å². The molecule has 33 heavy (non-hydrogen) atoms. The Morgan fingerprint density at radius 3 is 2.36 bits per heavy atom. The van der Waals surface area contributed by atoms with Gasteiger partial charge in [-0.3, -0.25) is 14.6 Å². The van der Waals surface area contributed by atoms with Crippen molar-refractivity contribution in [3.8, 4) is 0 Å². The fourth-order valence-electron chi connectivity index (χ4n) is 4.90. The summed E-state index contributed by atoms with van der Waals surface area (Å²) in [4.78, 5) is 30.5. The standard InChI is InChI=1S/C27H32N2O4/c1-26(2)12-20(30)24(21(31)13-26)18(28-16-17-8-6-5-7-9-17)10-11-19-25-22(32)14-27(3,4)15-23(25)33-29-19/h5-9,30H,10-16H2,1-4H3. The highest BCUT2D eigenvalue weighted by molar-refractivity contribution is 6.23. The number of aromatic nitrogens is 1. The number of carbonyl (C=O) groups is 2. The van der Waals surface area contributed by atoms with Gasteiger partial charge >= 0.3 is 0 Å². The third kappa shape index (κ3) is 5.15. The van der Waals surface area contributed by atoms with E-state index in [9.17, 15) is 14.7 Å². The van der Waals surface area contributed by atoms with Crippen molar-refractivity contribution in [1.82, 2.24) is 5.16 Å². The summed E-state index contributed by atoms with van der Waals surface area (Å²) in [7, 11) is 0. The number of aliphatic imine (C=N–C) groups is 1. The van der Waals surface area contributed by atoms with E-state index in [1.165, 1.54) is 0 Å². The molecule has 2 aliphatic rings. The Morgan fingerprint density at radius 1 is 1.00 bits per heavy atom. The number of hydrogen-bond acceptors (Lipinski definition) is 6. The summed E-state index contributed by atoms with van der Waals surface area (Å²) in [5, 5.41) is 15.0. The quantitative estimate of drug-likeness (QED) is 0.580. The number of fused-ring (bicyclic) bond motifs is 1. The van der Waals surface area contributed by atoms with Crippen molar-refractivity contribution in [3.63, 3.8) is 0 Å². The molecule has 2 aliphatic carbocycles. The fourth-order valence-corrected chi connectivity index (χ4v) is 4.90. The van der Waals surface area contributed by atoms with Gasteiger partial charge in [-0.25, -0.2) is 0 Å². The minimum absolute atomic E-state index is 0.0535. The molecule has 0 spiro atoms. The molecule has 6 heteroatoms. The van der Waals surface area contributed by atoms with Gasteiger partial charge in [0.25, 0.3) is 0 Å². The molecule has 1 N–H and O–H groups in total. The summed E-state index contributed by atoms with van der Waals surface area (Å²) >= 11 is 0. The fraction of sp³-hybridized carbons (Fsp3) is 0.481. The number of allylic oxidation sites excluding steroid dienone is 2. The van der Waals surface area contributed by atoms with Crippen LogP contribution in [0.4, 0.5) is 0 Å². The van der Waals surface area contributed by atoms with Crippen molar-refractivity contribution in [2.24, 2.45) is 15.8 Å². The molecular formula is C27H32N2O4. The molecule has 174 valence electrons. The van der Waals surface area contributed by atoms with Crippen LogP contribution in [0.2, 0.25) is 0 Å². The summed E-state index contributed by atoms with van der Waals surface area (Å²) < 4.78 is 5.53. The molecule has 0 aliphatic heterocycles. The van der Waals surface area contributed by atoms with Crippen LogP contribution >= 0.6 is 0 Å². The predicted molar refractivity (Wildman–Crippen MR) is 127 cm³/mol. The largest absolute Gasteiger partial charge is 0.511 e. The summed E-state index contributed by atoms with van der Waals surface area (Å²) in [6.45, 7) is 8.47. The van der Waals surface area contributed by atoms with E-state index in [0.717, 1.165) is 5.56 Å². The maximum atomic E-state index is 13.0. The van der Waals surface area contributed by atoms with Gasteiger partial charge in [0.1, 0.15) is 11.5 Å². The molecule has 0 saturated heterocycles. The van der Waals surface area contributed by atoms with Crippen molar-refractivity contribution in [2.75, 3.05) is 0 Å². The monoisotopic (exact) mass is 448 g/mol. The molecule has 1 aromatic carbocycles. The van der Waals surface area contributed by atoms with E-state index in [4.69, 9.17) is 9.52 Å². The van der Waals surface area contributed by atoms with E-state index in [-0.39, 0.29) is 28.2 Å². The van der Waals surface area contributed by atoms with Crippen LogP contribution in [0.15, 0.2) is 51.2 Å². The smallest absolute Gasteiger partial charge is 0.168 e. The van der Waals surface area contributed by atoms with E-state index < -0.39 is 0 Å². The molecule has 0 bridgehead atoms. The molecule has 0 atom stereocenters. The van der Waals surface area contributed by atoms with Crippen LogP contribution in [0.25, 0.3) is 0 Å². The van der Waals surface area contributed by atoms with Crippen LogP contribution in [0, 0.1) is 10.8 Å². The second-order valence-electron chi connectivity index (χ2n) is 10.9. The lowest BCUT2D eigenvalue weighted by molar-refractivity contribution is -0.118. The van der Waals surface area contributed by atoms with E-state index in [2.05, 4.69) is 19.0 Å². The van der Waals surface area contributed by atoms with Crippen molar-refractivity contribution in [1.29, 1.82) is 0 Å². The summed E-state index contributed by atoms with van der Waals surface area (Å²) in [6, 6.07) is 9.81. The van der Waals surface area contributed by atoms with Crippen LogP contribution in [0.5, 0.6) is 0 Å². The summed E-state index contributed by atoms with van der Waals surface area (Å²) in [5.74, 6) is 0.711. The second-order valence-corrected chi connectivity index (χ2v) is 10.9. The van der Waals surface area contributed by atoms with Gasteiger partial charge in [-0.15, -0.1) is 0 Å². The number of hydrogen-bond donors (Lipinski definition) is 1. The first-order valence-electron chi connectivity index (χ1n) is 11.6. The minimum Gasteiger partial charge on any atom is -0.511 e. The number of ketones is 2. The molecule has 1 aromatic heterocycles. The maximum Gasteiger partial charge on any atom is 0.168 e. The molecule has 0 radical (unpaired) electrons. The molecule has 6 nitrogen and oxygen atoms in total. The zero-order valence-electron chi connectivity index (χ0n) is 19.9. The summed E-state index contributed by atoms with van der Waals surface area (Å²) in [6.07, 6.45) is 2.76. The van der Waals surface area contributed by atoms with Crippen LogP contribution in [0.3, 0.4) is 0 Å². The van der Waals surface area contributed by atoms with Gasteiger partial charge in [0.15, 0.2) is 11.6 Å². The average Bonchev–Trinajstić information content (AvgIpc) is 3.10. The number of aryl methyl sites for hydroxylation is 1. The lowest BCUT2D eigenvalue weighted by Crippen LogP contribution is -2.29. The first-order chi connectivity index (χ1) is 15.5. The maximum absolute atomic E-state index is 13.0. The van der Waals surface area contributed by atoms with E-state index >= 15 is 0 Å². The number of benzene rings is 1. The Hall–Kier alpha value is -3.02. The molecule has 0 fully saturated rings. The van der Waals surface area contributed by atoms with Crippen molar-refractivity contribution in [2.45, 2.75) is 72.8 Å². The zero-order chi connectivity index (χ0) is 23.8. The Labute approximate surface area is 194 Å². The Balaban J connectivity index is 1.63. The normalized spacial score (nSPS) is 20.2. The van der Waals surface area contributed by atoms with Gasteiger partial charge in [0.2, 0.25) is 0 Å². The Bertz CT molecular complexity index is 1140. The minimum atomic E-state index is -0.278. The van der Waals surface area contributed by atoms with Crippen molar-refractivity contribution < 1.29 is 19.2 Å². The number of rotatable bonds is 6. The number of aliphatic hydroxyl groups excluding tert-OH is 1. The van der Waals surface area contributed by atoms with E-state index in [0.29, 0.717) is 73.4 Å². The van der Waals surface area contributed by atoms with E-state index in [1.807, 2.05) is 44.2 Å². The van der Waals surface area contributed by atoms with Gasteiger partial charge < -0.3 is 9.63 Å². The lowest BCUT2D eigenvalue weighted by Gasteiger charge is -2.30. The lowest BCUT2D eigenvalue weighted by atomic mass is 9.74. The van der Waals surface area contributed by atoms with Crippen molar-refractivity contribution >= 4 is 17.3 Å². The van der Waals surface area contributed by atoms with Gasteiger partial charge in [-0.2, -0.15) is 0 Å². The van der Waals surface area contributed by atoms with Crippen LogP contribution in [0.1, 0.15) is 80.8 Å². The Kier molecular flexibility index (Phi) is 6.12.